The number of rotatable bonds is 6. The second-order valence-corrected chi connectivity index (χ2v) is 7.74. The van der Waals surface area contributed by atoms with Crippen molar-refractivity contribution in [1.82, 2.24) is 9.62 Å². The molecule has 136 valence electrons. The Morgan fingerprint density at radius 1 is 1.00 bits per heavy atom. The Labute approximate surface area is 146 Å². The fraction of sp³-hybridized carbons (Fsp3) is 0.500. The smallest absolute Gasteiger partial charge is 0.240 e. The van der Waals surface area contributed by atoms with Crippen molar-refractivity contribution in [2.45, 2.75) is 17.7 Å². The van der Waals surface area contributed by atoms with Gasteiger partial charge in [-0.3, -0.25) is 19.4 Å². The summed E-state index contributed by atoms with van der Waals surface area (Å²) in [6, 6.07) is 5.78. The van der Waals surface area contributed by atoms with Gasteiger partial charge in [-0.2, -0.15) is 0 Å². The maximum atomic E-state index is 12.3. The molecule has 0 aromatic heterocycles. The van der Waals surface area contributed by atoms with Crippen molar-refractivity contribution in [3.63, 3.8) is 0 Å². The maximum Gasteiger partial charge on any atom is 0.240 e. The lowest BCUT2D eigenvalue weighted by Gasteiger charge is -2.26. The summed E-state index contributed by atoms with van der Waals surface area (Å²) in [6.07, 6.45) is 0.393. The van der Waals surface area contributed by atoms with Crippen LogP contribution in [-0.4, -0.2) is 64.5 Å². The molecule has 0 atom stereocenters. The zero-order valence-electron chi connectivity index (χ0n) is 13.8. The molecule has 25 heavy (non-hydrogen) atoms. The number of sulfonamides is 1. The number of anilines is 1. The third kappa shape index (κ3) is 4.24. The first-order valence-corrected chi connectivity index (χ1v) is 9.71. The van der Waals surface area contributed by atoms with Crippen molar-refractivity contribution in [2.75, 3.05) is 44.3 Å². The summed E-state index contributed by atoms with van der Waals surface area (Å²) in [5.41, 5.74) is 0.403. The Morgan fingerprint density at radius 2 is 1.60 bits per heavy atom. The van der Waals surface area contributed by atoms with Gasteiger partial charge in [-0.05, 0) is 24.3 Å². The van der Waals surface area contributed by atoms with E-state index in [0.29, 0.717) is 32.0 Å². The molecule has 2 amide bonds. The van der Waals surface area contributed by atoms with Crippen molar-refractivity contribution in [1.29, 1.82) is 0 Å². The number of ether oxygens (including phenoxy) is 1. The van der Waals surface area contributed by atoms with Crippen LogP contribution >= 0.6 is 0 Å². The van der Waals surface area contributed by atoms with Crippen molar-refractivity contribution in [2.24, 2.45) is 0 Å². The third-order valence-corrected chi connectivity index (χ3v) is 5.76. The van der Waals surface area contributed by atoms with Gasteiger partial charge in [0.15, 0.2) is 0 Å². The molecule has 3 rings (SSSR count). The van der Waals surface area contributed by atoms with Gasteiger partial charge >= 0.3 is 0 Å². The van der Waals surface area contributed by atoms with Crippen LogP contribution in [0, 0.1) is 0 Å². The molecule has 2 heterocycles. The topological polar surface area (TPSA) is 96.0 Å². The van der Waals surface area contributed by atoms with E-state index in [1.165, 1.54) is 24.3 Å². The van der Waals surface area contributed by atoms with Gasteiger partial charge in [0.05, 0.1) is 23.8 Å². The molecule has 1 aromatic carbocycles. The Morgan fingerprint density at radius 3 is 2.20 bits per heavy atom. The van der Waals surface area contributed by atoms with E-state index in [0.717, 1.165) is 18.0 Å². The lowest BCUT2D eigenvalue weighted by molar-refractivity contribution is -0.121. The fourth-order valence-corrected chi connectivity index (χ4v) is 3.91. The van der Waals surface area contributed by atoms with Crippen molar-refractivity contribution in [3.05, 3.63) is 24.3 Å². The number of benzene rings is 1. The summed E-state index contributed by atoms with van der Waals surface area (Å²) >= 11 is 0. The number of carbonyl (C=O) groups excluding carboxylic acids is 2. The zero-order chi connectivity index (χ0) is 17.9. The molecule has 0 radical (unpaired) electrons. The van der Waals surface area contributed by atoms with Gasteiger partial charge in [-0.25, -0.2) is 13.1 Å². The zero-order valence-corrected chi connectivity index (χ0v) is 14.6. The summed E-state index contributed by atoms with van der Waals surface area (Å²) in [4.78, 5) is 26.8. The maximum absolute atomic E-state index is 12.3. The van der Waals surface area contributed by atoms with Crippen molar-refractivity contribution in [3.8, 4) is 0 Å². The lowest BCUT2D eigenvalue weighted by Crippen LogP contribution is -2.41. The van der Waals surface area contributed by atoms with Crippen molar-refractivity contribution < 1.29 is 22.7 Å². The number of hydrogen-bond donors (Lipinski definition) is 1. The van der Waals surface area contributed by atoms with Gasteiger partial charge in [-0.1, -0.05) is 0 Å². The normalized spacial score (nSPS) is 19.6. The molecule has 1 aromatic rings. The number of imide groups is 1. The first kappa shape index (κ1) is 18.0. The van der Waals surface area contributed by atoms with E-state index in [-0.39, 0.29) is 29.6 Å². The van der Waals surface area contributed by atoms with Crippen LogP contribution < -0.4 is 9.62 Å². The van der Waals surface area contributed by atoms with E-state index in [9.17, 15) is 18.0 Å². The lowest BCUT2D eigenvalue weighted by atomic mass is 10.3. The summed E-state index contributed by atoms with van der Waals surface area (Å²) in [7, 11) is -3.62. The largest absolute Gasteiger partial charge is 0.379 e. The van der Waals surface area contributed by atoms with E-state index >= 15 is 0 Å². The molecule has 1 N–H and O–H groups in total. The van der Waals surface area contributed by atoms with Crippen LogP contribution in [0.1, 0.15) is 12.8 Å². The highest BCUT2D eigenvalue weighted by Crippen LogP contribution is 2.23. The van der Waals surface area contributed by atoms with Crippen LogP contribution in [0.3, 0.4) is 0 Å². The van der Waals surface area contributed by atoms with Gasteiger partial charge in [0, 0.05) is 39.0 Å². The van der Waals surface area contributed by atoms with E-state index < -0.39 is 10.0 Å². The molecular formula is C16H21N3O5S. The Bertz CT molecular complexity index is 726. The van der Waals surface area contributed by atoms with E-state index in [1.807, 2.05) is 0 Å². The van der Waals surface area contributed by atoms with Crippen molar-refractivity contribution >= 4 is 27.5 Å². The first-order valence-electron chi connectivity index (χ1n) is 8.23. The first-order chi connectivity index (χ1) is 12.0. The predicted octanol–water partition coefficient (Wildman–Crippen LogP) is -0.0495. The van der Waals surface area contributed by atoms with Gasteiger partial charge in [0.1, 0.15) is 0 Å². The minimum atomic E-state index is -3.62. The number of nitrogens with zero attached hydrogens (tertiary/aromatic N) is 2. The van der Waals surface area contributed by atoms with E-state index in [4.69, 9.17) is 4.74 Å². The monoisotopic (exact) mass is 367 g/mol. The Balaban J connectivity index is 1.60. The minimum Gasteiger partial charge on any atom is -0.379 e. The molecule has 0 saturated carbocycles. The Hall–Kier alpha value is -1.81. The van der Waals surface area contributed by atoms with Gasteiger partial charge in [0.25, 0.3) is 0 Å². The molecule has 8 nitrogen and oxygen atoms in total. The second-order valence-electron chi connectivity index (χ2n) is 5.97. The molecule has 2 saturated heterocycles. The fourth-order valence-electron chi connectivity index (χ4n) is 2.89. The average molecular weight is 367 g/mol. The SMILES string of the molecule is O=C1CCC(=O)N1c1ccc(S(=O)(=O)NCCN2CCOCC2)cc1. The molecule has 2 aliphatic heterocycles. The summed E-state index contributed by atoms with van der Waals surface area (Å²) in [5.74, 6) is -0.520. The average Bonchev–Trinajstić information content (AvgIpc) is 2.94. The molecule has 0 aliphatic carbocycles. The summed E-state index contributed by atoms with van der Waals surface area (Å²) in [6.45, 7) is 3.87. The number of carbonyl (C=O) groups is 2. The predicted molar refractivity (Wildman–Crippen MR) is 90.6 cm³/mol. The summed E-state index contributed by atoms with van der Waals surface area (Å²) in [5, 5.41) is 0. The van der Waals surface area contributed by atoms with Gasteiger partial charge in [-0.15, -0.1) is 0 Å². The number of hydrogen-bond acceptors (Lipinski definition) is 6. The van der Waals surface area contributed by atoms with Crippen LogP contribution in [-0.2, 0) is 24.3 Å². The molecule has 2 aliphatic rings. The highest BCUT2D eigenvalue weighted by Gasteiger charge is 2.30. The molecule has 0 spiro atoms. The second kappa shape index (κ2) is 7.61. The standard InChI is InChI=1S/C16H21N3O5S/c20-15-5-6-16(21)19(15)13-1-3-14(4-2-13)25(22,23)17-7-8-18-9-11-24-12-10-18/h1-4,17H,5-12H2. The molecule has 0 unspecified atom stereocenters. The molecular weight excluding hydrogens is 346 g/mol. The molecule has 0 bridgehead atoms. The van der Waals surface area contributed by atoms with Crippen LogP contribution in [0.4, 0.5) is 5.69 Å². The van der Waals surface area contributed by atoms with Crippen LogP contribution in [0.25, 0.3) is 0 Å². The van der Waals surface area contributed by atoms with E-state index in [2.05, 4.69) is 9.62 Å². The minimum absolute atomic E-state index is 0.109. The number of amides is 2. The van der Waals surface area contributed by atoms with Crippen LogP contribution in [0.15, 0.2) is 29.2 Å². The van der Waals surface area contributed by atoms with Crippen LogP contribution in [0.2, 0.25) is 0 Å². The Kier molecular flexibility index (Phi) is 5.48. The van der Waals surface area contributed by atoms with Gasteiger partial charge in [0.2, 0.25) is 21.8 Å². The van der Waals surface area contributed by atoms with Crippen LogP contribution in [0.5, 0.6) is 0 Å². The number of nitrogens with one attached hydrogen (secondary N) is 1. The highest BCUT2D eigenvalue weighted by molar-refractivity contribution is 7.89. The van der Waals surface area contributed by atoms with E-state index in [1.54, 1.807) is 0 Å². The molecule has 9 heteroatoms. The van der Waals surface area contributed by atoms with Gasteiger partial charge < -0.3 is 4.74 Å². The summed E-state index contributed by atoms with van der Waals surface area (Å²) < 4.78 is 32.5. The quantitative estimate of drug-likeness (QED) is 0.709. The number of morpholine rings is 1. The molecule has 2 fully saturated rings. The highest BCUT2D eigenvalue weighted by atomic mass is 32.2. The third-order valence-electron chi connectivity index (χ3n) is 4.28.